The van der Waals surface area contributed by atoms with Gasteiger partial charge in [-0.3, -0.25) is 9.97 Å². The fraction of sp³-hybridized carbons (Fsp3) is 0.0444. The van der Waals surface area contributed by atoms with Crippen LogP contribution in [0.5, 0.6) is 0 Å². The Bertz CT molecular complexity index is 4070. The molecule has 22 heteroatoms. The van der Waals surface area contributed by atoms with Gasteiger partial charge in [-0.25, -0.2) is 0 Å². The van der Waals surface area contributed by atoms with E-state index in [4.69, 9.17) is 0 Å². The van der Waals surface area contributed by atoms with Gasteiger partial charge in [-0.05, 0) is 144 Å². The number of nitrogens with zero attached hydrogens (tertiary/aromatic N) is 4. The largest absolute Gasteiger partial charge is 1.00 e. The first-order chi connectivity index (χ1) is 52.0. The molecule has 0 saturated carbocycles. The molecule has 584 valence electrons. The Morgan fingerprint density at radius 2 is 0.366 bits per heavy atom. The first-order valence-corrected chi connectivity index (χ1v) is 41.0. The van der Waals surface area contributed by atoms with Gasteiger partial charge in [0.05, 0.1) is 122 Å². The Kier molecular flexibility index (Phi) is 48.1. The number of aromatic nitrogens is 2. The first kappa shape index (κ1) is 97.2. The van der Waals surface area contributed by atoms with Crippen LogP contribution < -0.4 is 72.7 Å². The van der Waals surface area contributed by atoms with Gasteiger partial charge in [-0.2, -0.15) is 0 Å². The van der Waals surface area contributed by atoms with E-state index in [0.29, 0.717) is 0 Å². The van der Waals surface area contributed by atoms with Gasteiger partial charge in [-0.1, -0.05) is 267 Å². The number of carboxylic acid groups (broad SMARTS) is 4. The van der Waals surface area contributed by atoms with Crippen molar-refractivity contribution >= 4 is 109 Å². The van der Waals surface area contributed by atoms with Crippen molar-refractivity contribution in [3.63, 3.8) is 0 Å². The molecular formula is C90H86Ag4N4O10P4+6. The van der Waals surface area contributed by atoms with Crippen LogP contribution in [-0.2, 0) is 100 Å². The van der Waals surface area contributed by atoms with Gasteiger partial charge in [-0.15, -0.1) is 0 Å². The minimum atomic E-state index is -1.13. The number of benzene rings is 12. The summed E-state index contributed by atoms with van der Waals surface area (Å²) in [7, 11) is -4.16. The number of anilines is 2. The van der Waals surface area contributed by atoms with E-state index in [2.05, 4.69) is 287 Å². The van der Waals surface area contributed by atoms with Crippen molar-refractivity contribution in [2.24, 2.45) is 0 Å². The first-order valence-electron chi connectivity index (χ1n) is 34.2. The zero-order valence-electron chi connectivity index (χ0n) is 60.5. The zero-order chi connectivity index (χ0) is 74.2. The SMILES string of the molecule is O=C([O-])c1ccccc1.O=C([O-])c1ccccc1.O=C([O-])c1ccccc1.O=C([O-])c1ccccc1.[Ag+].[Ag+].[Ag+].[Ag+].[OH3+].[OH3+].c1ccc([PH+](CN(C[PH+](c2ccccc2)c2ccccc2)c2cccnc2)c2ccccc2)cc1.c1ccc([PH+](CN(C[PH+](c2ccccc2)c2ccccc2)c2cccnc2)c2ccccc2)cc1. The number of hydrogen-bond acceptors (Lipinski definition) is 12. The molecule has 0 amide bonds. The van der Waals surface area contributed by atoms with Crippen LogP contribution in [0.4, 0.5) is 11.4 Å². The average Bonchev–Trinajstić information content (AvgIpc) is 0.847. The van der Waals surface area contributed by atoms with Crippen LogP contribution in [0.2, 0.25) is 0 Å². The molecule has 0 radical (unpaired) electrons. The standard InChI is InChI=1S/2C31H28N2P2.4C7H6O2.4Ag.2H2O/c2*1-5-15-28(16-6-1)34(29-17-7-2-8-18-29)25-33(27-14-13-23-32-24-27)26-35(30-19-9-3-10-20-30)31-21-11-4-12-22-31;4*8-7(9)6-4-2-1-3-5-6;;;;;;/h2*1-24H,25-26H2;4*1-5H,(H,8,9);;;;;2*1H2/q;;;;;;4*+1;;/p+2. The Morgan fingerprint density at radius 1 is 0.223 bits per heavy atom. The average molecular weight is 1940 g/mol. The van der Waals surface area contributed by atoms with Gasteiger partial charge in [0, 0.05) is 12.4 Å². The molecule has 0 bridgehead atoms. The number of carbonyl (C=O) groups excluding carboxylic acids is 4. The van der Waals surface area contributed by atoms with Crippen LogP contribution in [0.3, 0.4) is 0 Å². The molecule has 14 nitrogen and oxygen atoms in total. The Labute approximate surface area is 722 Å². The molecule has 6 N–H and O–H groups in total. The van der Waals surface area contributed by atoms with Crippen molar-refractivity contribution in [2.45, 2.75) is 0 Å². The van der Waals surface area contributed by atoms with Crippen LogP contribution in [0.15, 0.2) is 413 Å². The molecule has 0 unspecified atom stereocenters. The molecule has 14 aromatic rings. The second-order valence-corrected chi connectivity index (χ2v) is 33.3. The molecule has 14 rings (SSSR count). The number of hydrogen-bond donors (Lipinski definition) is 0. The molecule has 0 saturated heterocycles. The van der Waals surface area contributed by atoms with Crippen LogP contribution in [0.25, 0.3) is 0 Å². The second kappa shape index (κ2) is 55.5. The predicted octanol–water partition coefficient (Wildman–Crippen LogP) is 9.41. The molecule has 2 aromatic heterocycles. The third-order valence-electron chi connectivity index (χ3n) is 16.4. The summed E-state index contributed by atoms with van der Waals surface area (Å²) in [6.45, 7) is 0. The fourth-order valence-corrected chi connectivity index (χ4v) is 21.8. The van der Waals surface area contributed by atoms with Gasteiger partial charge in [0.2, 0.25) is 0 Å². The molecule has 2 heterocycles. The van der Waals surface area contributed by atoms with Gasteiger partial charge in [0.25, 0.3) is 0 Å². The molecular weight excluding hydrogens is 1850 g/mol. The van der Waals surface area contributed by atoms with Crippen molar-refractivity contribution in [3.8, 4) is 0 Å². The predicted molar refractivity (Wildman–Crippen MR) is 448 cm³/mol. The monoisotopic (exact) mass is 1930 g/mol. The third kappa shape index (κ3) is 33.0. The zero-order valence-corrected chi connectivity index (χ0v) is 70.4. The maximum Gasteiger partial charge on any atom is 1.00 e. The van der Waals surface area contributed by atoms with Gasteiger partial charge >= 0.3 is 89.5 Å². The minimum absolute atomic E-state index is 0. The molecule has 12 aromatic carbocycles. The second-order valence-electron chi connectivity index (χ2n) is 23.6. The van der Waals surface area contributed by atoms with Crippen molar-refractivity contribution in [1.29, 1.82) is 0 Å². The Balaban J connectivity index is 0.000000388. The molecule has 0 fully saturated rings. The Hall–Kier alpha value is -8.98. The smallest absolute Gasteiger partial charge is 0.545 e. The minimum Gasteiger partial charge on any atom is -0.545 e. The topological polar surface area (TPSA) is 259 Å². The van der Waals surface area contributed by atoms with Crippen molar-refractivity contribution < 1.29 is 140 Å². The summed E-state index contributed by atoms with van der Waals surface area (Å²) in [5.74, 6) is -4.52. The fourth-order valence-electron chi connectivity index (χ4n) is 11.1. The summed E-state index contributed by atoms with van der Waals surface area (Å²) in [6, 6.07) is 129. The van der Waals surface area contributed by atoms with E-state index in [1.165, 1.54) is 102 Å². The van der Waals surface area contributed by atoms with Crippen molar-refractivity contribution in [1.82, 2.24) is 9.97 Å². The van der Waals surface area contributed by atoms with Crippen LogP contribution in [-0.4, -0.2) is 59.0 Å². The van der Waals surface area contributed by atoms with E-state index in [1.807, 2.05) is 24.8 Å². The molecule has 112 heavy (non-hydrogen) atoms. The maximum atomic E-state index is 10.1. The van der Waals surface area contributed by atoms with E-state index in [-0.39, 0.29) is 123 Å². The van der Waals surface area contributed by atoms with E-state index in [0.717, 1.165) is 25.1 Å². The number of rotatable bonds is 22. The maximum absolute atomic E-state index is 10.1. The van der Waals surface area contributed by atoms with E-state index < -0.39 is 55.6 Å². The molecule has 0 aliphatic heterocycles. The van der Waals surface area contributed by atoms with E-state index >= 15 is 0 Å². The van der Waals surface area contributed by atoms with Crippen LogP contribution in [0.1, 0.15) is 41.4 Å². The molecule has 0 aliphatic rings. The van der Waals surface area contributed by atoms with Gasteiger partial charge < -0.3 is 60.4 Å². The molecule has 0 spiro atoms. The Morgan fingerprint density at radius 3 is 0.482 bits per heavy atom. The number of carbonyl (C=O) groups is 4. The van der Waals surface area contributed by atoms with Gasteiger partial charge in [0.15, 0.2) is 0 Å². The summed E-state index contributed by atoms with van der Waals surface area (Å²) in [6.07, 6.45) is 11.7. The van der Waals surface area contributed by atoms with E-state index in [1.54, 1.807) is 72.8 Å². The number of pyridine rings is 2. The molecule has 0 aliphatic carbocycles. The quantitative estimate of drug-likeness (QED) is 0.0349. The van der Waals surface area contributed by atoms with E-state index in [9.17, 15) is 39.6 Å². The summed E-state index contributed by atoms with van der Waals surface area (Å²) < 4.78 is 0. The summed E-state index contributed by atoms with van der Waals surface area (Å²) in [5.41, 5.74) is 3.26. The molecule has 0 atom stereocenters. The third-order valence-corrected chi connectivity index (χ3v) is 27.5. The summed E-state index contributed by atoms with van der Waals surface area (Å²) in [5, 5.41) is 51.8. The summed E-state index contributed by atoms with van der Waals surface area (Å²) >= 11 is 0. The number of aromatic carboxylic acids is 4. The number of carboxylic acids is 4. The van der Waals surface area contributed by atoms with Crippen LogP contribution in [0, 0.1) is 0 Å². The van der Waals surface area contributed by atoms with Crippen molar-refractivity contribution in [2.75, 3.05) is 34.9 Å². The normalized spacial score (nSPS) is 9.75. The van der Waals surface area contributed by atoms with Crippen LogP contribution >= 0.6 is 31.7 Å². The van der Waals surface area contributed by atoms with Gasteiger partial charge in [0.1, 0.15) is 25.1 Å². The summed E-state index contributed by atoms with van der Waals surface area (Å²) in [4.78, 5) is 54.5. The van der Waals surface area contributed by atoms with Crippen molar-refractivity contribution in [3.05, 3.63) is 435 Å².